The number of hydrogen-bond donors (Lipinski definition) is 0. The molecule has 8 rings (SSSR count). The van der Waals surface area contributed by atoms with Crippen LogP contribution in [0.5, 0.6) is 0 Å². The van der Waals surface area contributed by atoms with E-state index in [-0.39, 0.29) is 5.92 Å². The number of hydrogen-bond acceptors (Lipinski definition) is 2. The van der Waals surface area contributed by atoms with Crippen molar-refractivity contribution in [1.82, 2.24) is 0 Å². The lowest BCUT2D eigenvalue weighted by Crippen LogP contribution is -2.14. The highest BCUT2D eigenvalue weighted by atomic mass is 15.2. The molecule has 7 aromatic carbocycles. The van der Waals surface area contributed by atoms with E-state index >= 15 is 0 Å². The Hall–Kier alpha value is -5.86. The maximum atomic E-state index is 2.52. The second kappa shape index (κ2) is 16.5. The van der Waals surface area contributed by atoms with Gasteiger partial charge < -0.3 is 9.80 Å². The van der Waals surface area contributed by atoms with Crippen LogP contribution in [-0.2, 0) is 6.42 Å². The first kappa shape index (κ1) is 39.0. The Kier molecular flexibility index (Phi) is 11.1. The molecule has 0 bridgehead atoms. The summed E-state index contributed by atoms with van der Waals surface area (Å²) in [5, 5.41) is 0. The molecule has 0 aromatic heterocycles. The Balaban J connectivity index is 1.34. The topological polar surface area (TPSA) is 6.48 Å². The second-order valence-corrected chi connectivity index (χ2v) is 16.9. The van der Waals surface area contributed by atoms with Gasteiger partial charge in [0.1, 0.15) is 0 Å². The molecule has 2 heteroatoms. The van der Waals surface area contributed by atoms with Crippen molar-refractivity contribution in [2.24, 2.45) is 0 Å². The molecule has 0 saturated carbocycles. The Morgan fingerprint density at radius 3 is 1.31 bits per heavy atom. The van der Waals surface area contributed by atoms with Gasteiger partial charge in [0.05, 0.1) is 11.4 Å². The molecule has 0 radical (unpaired) electrons. The molecule has 0 unspecified atom stereocenters. The summed E-state index contributed by atoms with van der Waals surface area (Å²) in [6.07, 6.45) is 6.17. The third-order valence-electron chi connectivity index (χ3n) is 12.1. The third-order valence-corrected chi connectivity index (χ3v) is 12.1. The first-order chi connectivity index (χ1) is 28.1. The number of para-hydroxylation sites is 2. The molecule has 0 spiro atoms. The van der Waals surface area contributed by atoms with E-state index in [2.05, 4.69) is 205 Å². The lowest BCUT2D eigenvalue weighted by molar-refractivity contribution is 0.666. The average molecular weight is 759 g/mol. The van der Waals surface area contributed by atoms with Gasteiger partial charge in [0.25, 0.3) is 0 Å². The van der Waals surface area contributed by atoms with Crippen LogP contribution in [-0.4, -0.2) is 0 Å². The Morgan fingerprint density at radius 2 is 0.862 bits per heavy atom. The summed E-state index contributed by atoms with van der Waals surface area (Å²) in [6.45, 7) is 18.0. The molecule has 0 heterocycles. The fourth-order valence-electron chi connectivity index (χ4n) is 9.85. The Bertz CT molecular complexity index is 2380. The lowest BCUT2D eigenvalue weighted by Gasteiger charge is -2.30. The summed E-state index contributed by atoms with van der Waals surface area (Å²) >= 11 is 0. The molecule has 0 fully saturated rings. The summed E-state index contributed by atoms with van der Waals surface area (Å²) in [6, 6.07) is 52.9. The highest BCUT2D eigenvalue weighted by Crippen LogP contribution is 2.53. The van der Waals surface area contributed by atoms with E-state index in [1.807, 2.05) is 0 Å². The number of rotatable bonds is 12. The van der Waals surface area contributed by atoms with Crippen LogP contribution in [0, 0.1) is 48.5 Å². The van der Waals surface area contributed by atoms with Crippen molar-refractivity contribution in [1.29, 1.82) is 0 Å². The van der Waals surface area contributed by atoms with E-state index in [9.17, 15) is 0 Å². The van der Waals surface area contributed by atoms with E-state index in [0.717, 1.165) is 6.42 Å². The van der Waals surface area contributed by atoms with E-state index in [1.54, 1.807) is 0 Å². The zero-order valence-corrected chi connectivity index (χ0v) is 35.8. The van der Waals surface area contributed by atoms with E-state index < -0.39 is 0 Å². The summed E-state index contributed by atoms with van der Waals surface area (Å²) in [4.78, 5) is 4.96. The molecule has 2 nitrogen and oxygen atoms in total. The van der Waals surface area contributed by atoms with Crippen molar-refractivity contribution in [3.63, 3.8) is 0 Å². The molecule has 1 aliphatic carbocycles. The van der Waals surface area contributed by atoms with Crippen LogP contribution in [0.15, 0.2) is 140 Å². The molecule has 58 heavy (non-hydrogen) atoms. The first-order valence-electron chi connectivity index (χ1n) is 21.4. The molecule has 0 amide bonds. The summed E-state index contributed by atoms with van der Waals surface area (Å²) in [5.74, 6) is 0.0786. The van der Waals surface area contributed by atoms with E-state index in [4.69, 9.17) is 0 Å². The number of benzene rings is 7. The number of unbranched alkanes of at least 4 members (excludes halogenated alkanes) is 3. The van der Waals surface area contributed by atoms with Gasteiger partial charge in [-0.2, -0.15) is 0 Å². The summed E-state index contributed by atoms with van der Waals surface area (Å²) in [7, 11) is 0. The van der Waals surface area contributed by atoms with Crippen molar-refractivity contribution < 1.29 is 0 Å². The molecular weight excluding hydrogens is 701 g/mol. The third kappa shape index (κ3) is 7.61. The smallest absolute Gasteiger partial charge is 0.0520 e. The van der Waals surface area contributed by atoms with Gasteiger partial charge in [-0.1, -0.05) is 134 Å². The highest BCUT2D eigenvalue weighted by molar-refractivity contribution is 5.89. The molecule has 0 saturated heterocycles. The normalized spacial score (nSPS) is 12.1. The van der Waals surface area contributed by atoms with Crippen LogP contribution in [0.25, 0.3) is 11.1 Å². The van der Waals surface area contributed by atoms with Gasteiger partial charge in [-0.15, -0.1) is 0 Å². The minimum absolute atomic E-state index is 0.0786. The van der Waals surface area contributed by atoms with Gasteiger partial charge in [0.2, 0.25) is 0 Å². The SMILES string of the molecule is CCCCCCc1cc(C)cc(C2c3cc(N(c4ccccc4)c4c(C)cc(C)cc4C)ccc3-c3ccc(N(c4ccccc4)c4c(C)cc(C)cc4C)cc32)c1. The predicted molar refractivity (Wildman–Crippen MR) is 250 cm³/mol. The second-order valence-electron chi connectivity index (χ2n) is 16.9. The number of nitrogens with zero attached hydrogens (tertiary/aromatic N) is 2. The van der Waals surface area contributed by atoms with Gasteiger partial charge in [0.15, 0.2) is 0 Å². The van der Waals surface area contributed by atoms with Gasteiger partial charge in [-0.3, -0.25) is 0 Å². The fraction of sp³-hybridized carbons (Fsp3) is 0.250. The van der Waals surface area contributed by atoms with Crippen LogP contribution in [0.4, 0.5) is 34.1 Å². The van der Waals surface area contributed by atoms with Crippen molar-refractivity contribution in [2.45, 2.75) is 93.4 Å². The highest BCUT2D eigenvalue weighted by Gasteiger charge is 2.33. The Morgan fingerprint density at radius 1 is 0.414 bits per heavy atom. The van der Waals surface area contributed by atoms with Crippen LogP contribution < -0.4 is 9.80 Å². The molecule has 0 N–H and O–H groups in total. The van der Waals surface area contributed by atoms with Crippen LogP contribution in [0.2, 0.25) is 0 Å². The zero-order chi connectivity index (χ0) is 40.5. The standard InChI is InChI=1S/C56H58N2/c1-9-10-11-14-19-44-32-39(4)33-45(34-44)54-52-35-48(57(46-20-15-12-16-21-46)55-40(5)28-37(2)29-41(55)6)24-26-50(52)51-27-25-49(36-53(51)54)58(47-22-17-13-18-23-47)56-42(7)30-38(3)31-43(56)8/h12-13,15-18,20-36,54H,9-11,14,19H2,1-8H3. The molecule has 292 valence electrons. The Labute approximate surface area is 347 Å². The minimum atomic E-state index is 0.0786. The van der Waals surface area contributed by atoms with Gasteiger partial charge in [-0.05, 0) is 165 Å². The summed E-state index contributed by atoms with van der Waals surface area (Å²) < 4.78 is 0. The average Bonchev–Trinajstić information content (AvgIpc) is 3.52. The lowest BCUT2D eigenvalue weighted by atomic mass is 9.86. The fourth-order valence-corrected chi connectivity index (χ4v) is 9.85. The zero-order valence-electron chi connectivity index (χ0n) is 35.8. The van der Waals surface area contributed by atoms with Gasteiger partial charge in [0, 0.05) is 28.7 Å². The molecule has 1 aliphatic rings. The maximum Gasteiger partial charge on any atom is 0.0520 e. The predicted octanol–water partition coefficient (Wildman–Crippen LogP) is 16.1. The summed E-state index contributed by atoms with van der Waals surface area (Å²) in [5.41, 5.74) is 24.4. The maximum absolute atomic E-state index is 2.52. The molecule has 0 aliphatic heterocycles. The van der Waals surface area contributed by atoms with E-state index in [1.165, 1.54) is 132 Å². The van der Waals surface area contributed by atoms with Crippen molar-refractivity contribution in [2.75, 3.05) is 9.80 Å². The molecular formula is C56H58N2. The minimum Gasteiger partial charge on any atom is -0.310 e. The van der Waals surface area contributed by atoms with Crippen LogP contribution in [0.3, 0.4) is 0 Å². The monoisotopic (exact) mass is 758 g/mol. The van der Waals surface area contributed by atoms with Gasteiger partial charge >= 0.3 is 0 Å². The van der Waals surface area contributed by atoms with Gasteiger partial charge in [-0.25, -0.2) is 0 Å². The van der Waals surface area contributed by atoms with Crippen molar-refractivity contribution in [3.8, 4) is 11.1 Å². The van der Waals surface area contributed by atoms with Crippen molar-refractivity contribution >= 4 is 34.1 Å². The number of anilines is 6. The van der Waals surface area contributed by atoms with Crippen LogP contribution in [0.1, 0.15) is 99.7 Å². The molecule has 7 aromatic rings. The number of fused-ring (bicyclic) bond motifs is 3. The van der Waals surface area contributed by atoms with E-state index in [0.29, 0.717) is 0 Å². The largest absolute Gasteiger partial charge is 0.310 e. The first-order valence-corrected chi connectivity index (χ1v) is 21.4. The molecule has 0 atom stereocenters. The quantitative estimate of drug-likeness (QED) is 0.115. The van der Waals surface area contributed by atoms with Crippen molar-refractivity contribution in [3.05, 3.63) is 201 Å². The van der Waals surface area contributed by atoms with Crippen LogP contribution >= 0.6 is 0 Å². The number of aryl methyl sites for hydroxylation is 8.